The van der Waals surface area contributed by atoms with Crippen LogP contribution in [0.25, 0.3) is 34.2 Å². The average molecular weight is 680 g/mol. The second kappa shape index (κ2) is 12.5. The third kappa shape index (κ3) is 6.16. The van der Waals surface area contributed by atoms with Crippen LogP contribution in [-0.2, 0) is 13.1 Å². The van der Waals surface area contributed by atoms with Gasteiger partial charge in [-0.15, -0.1) is 0 Å². The monoisotopic (exact) mass is 678 g/mol. The van der Waals surface area contributed by atoms with Gasteiger partial charge in [0.25, 0.3) is 0 Å². The molecule has 0 saturated carbocycles. The van der Waals surface area contributed by atoms with Gasteiger partial charge in [-0.05, 0) is 86.2 Å². The van der Waals surface area contributed by atoms with E-state index in [1.165, 1.54) is 11.1 Å². The number of nitrogens with zero attached hydrogens (tertiary/aromatic N) is 6. The van der Waals surface area contributed by atoms with Crippen LogP contribution in [-0.4, -0.2) is 42.3 Å². The predicted octanol–water partition coefficient (Wildman–Crippen LogP) is 8.20. The minimum atomic E-state index is 0.766. The number of hydrogen-bond acceptors (Lipinski definition) is 8. The van der Waals surface area contributed by atoms with E-state index in [1.807, 2.05) is 48.8 Å². The lowest BCUT2D eigenvalue weighted by atomic mass is 10.1. The van der Waals surface area contributed by atoms with Crippen LogP contribution in [0.1, 0.15) is 33.5 Å². The van der Waals surface area contributed by atoms with E-state index in [4.69, 9.17) is 0 Å². The highest BCUT2D eigenvalue weighted by atomic mass is 79.9. The highest BCUT2D eigenvalue weighted by Gasteiger charge is 2.12. The largest absolute Gasteiger partial charge is 0.340 e. The number of H-pyrrole nitrogens is 2. The van der Waals surface area contributed by atoms with Crippen molar-refractivity contribution in [2.75, 3.05) is 10.6 Å². The Labute approximate surface area is 278 Å². The second-order valence-corrected chi connectivity index (χ2v) is 11.9. The number of hydrogen-bond donors (Lipinski definition) is 4. The molecule has 10 nitrogen and oxygen atoms in total. The van der Waals surface area contributed by atoms with Crippen LogP contribution in [0.2, 0.25) is 0 Å². The molecular formula is C36H27BrN10. The summed E-state index contributed by atoms with van der Waals surface area (Å²) in [6.07, 6.45) is 11.1. The molecule has 0 saturated heterocycles. The fraction of sp³-hybridized carbons (Fsp3) is 0.0556. The number of nitrogens with one attached hydrogen (secondary N) is 4. The molecule has 0 unspecified atom stereocenters. The van der Waals surface area contributed by atoms with Crippen molar-refractivity contribution in [3.8, 4) is 0 Å². The van der Waals surface area contributed by atoms with Crippen LogP contribution in [0.4, 0.5) is 23.0 Å². The van der Waals surface area contributed by atoms with Gasteiger partial charge in [0.1, 0.15) is 35.6 Å². The number of anilines is 4. The summed E-state index contributed by atoms with van der Waals surface area (Å²) < 4.78 is 0.886. The zero-order valence-electron chi connectivity index (χ0n) is 24.9. The molecule has 228 valence electrons. The van der Waals surface area contributed by atoms with Crippen molar-refractivity contribution in [2.24, 2.45) is 9.98 Å². The number of fused-ring (bicyclic) bond motifs is 4. The molecule has 9 rings (SSSR count). The molecule has 2 aliphatic rings. The fourth-order valence-electron chi connectivity index (χ4n) is 5.54. The van der Waals surface area contributed by atoms with Gasteiger partial charge in [0.2, 0.25) is 0 Å². The minimum absolute atomic E-state index is 0.766. The highest BCUT2D eigenvalue weighted by molar-refractivity contribution is 9.10. The molecule has 0 fully saturated rings. The molecule has 7 aromatic rings. The van der Waals surface area contributed by atoms with Crippen molar-refractivity contribution in [1.29, 1.82) is 0 Å². The van der Waals surface area contributed by atoms with Gasteiger partial charge in [0, 0.05) is 29.5 Å². The summed E-state index contributed by atoms with van der Waals surface area (Å²) in [5, 5.41) is 8.65. The maximum Gasteiger partial charge on any atom is 0.143 e. The minimum Gasteiger partial charge on any atom is -0.340 e. The fourth-order valence-corrected chi connectivity index (χ4v) is 5.96. The van der Waals surface area contributed by atoms with Crippen molar-refractivity contribution in [1.82, 2.24) is 29.9 Å². The summed E-state index contributed by atoms with van der Waals surface area (Å²) >= 11 is 3.42. The molecule has 6 heterocycles. The molecule has 0 aliphatic carbocycles. The van der Waals surface area contributed by atoms with Crippen LogP contribution in [0.5, 0.6) is 0 Å². The van der Waals surface area contributed by atoms with E-state index in [9.17, 15) is 0 Å². The molecule has 4 aromatic heterocycles. The summed E-state index contributed by atoms with van der Waals surface area (Å²) in [6, 6.07) is 26.7. The predicted molar refractivity (Wildman–Crippen MR) is 193 cm³/mol. The summed E-state index contributed by atoms with van der Waals surface area (Å²) in [6.45, 7) is 1.54. The topological polar surface area (TPSA) is 132 Å². The van der Waals surface area contributed by atoms with Crippen LogP contribution in [0.3, 0.4) is 0 Å². The number of rotatable bonds is 6. The molecule has 4 N–H and O–H groups in total. The average Bonchev–Trinajstić information content (AvgIpc) is 3.90. The van der Waals surface area contributed by atoms with Gasteiger partial charge < -0.3 is 20.6 Å². The third-order valence-electron chi connectivity index (χ3n) is 7.90. The molecule has 3 aromatic carbocycles. The number of aromatic amines is 2. The molecule has 0 spiro atoms. The Morgan fingerprint density at radius 1 is 0.617 bits per heavy atom. The lowest BCUT2D eigenvalue weighted by molar-refractivity contribution is 1.11. The van der Waals surface area contributed by atoms with E-state index in [0.717, 1.165) is 85.2 Å². The first kappa shape index (κ1) is 28.5. The molecule has 11 heteroatoms. The molecule has 0 amide bonds. The van der Waals surface area contributed by atoms with E-state index in [1.54, 1.807) is 12.7 Å². The first-order valence-electron chi connectivity index (χ1n) is 15.0. The summed E-state index contributed by atoms with van der Waals surface area (Å²) in [7, 11) is 0. The maximum absolute atomic E-state index is 4.43. The van der Waals surface area contributed by atoms with E-state index < -0.39 is 0 Å². The van der Waals surface area contributed by atoms with Gasteiger partial charge in [-0.1, -0.05) is 48.5 Å². The van der Waals surface area contributed by atoms with Gasteiger partial charge in [0.05, 0.1) is 28.5 Å². The Bertz CT molecular complexity index is 2340. The Balaban J connectivity index is 0.000000144. The zero-order chi connectivity index (χ0) is 31.6. The van der Waals surface area contributed by atoms with Crippen LogP contribution < -0.4 is 10.6 Å². The number of aromatic nitrogens is 6. The van der Waals surface area contributed by atoms with Gasteiger partial charge in [0.15, 0.2) is 0 Å². The Morgan fingerprint density at radius 2 is 1.21 bits per heavy atom. The van der Waals surface area contributed by atoms with Crippen LogP contribution in [0, 0.1) is 0 Å². The summed E-state index contributed by atoms with van der Waals surface area (Å²) in [5.74, 6) is 1.57. The molecule has 2 aliphatic heterocycles. The molecule has 0 radical (unpaired) electrons. The Morgan fingerprint density at radius 3 is 1.85 bits per heavy atom. The maximum atomic E-state index is 4.43. The number of halogens is 1. The number of benzene rings is 3. The SMILES string of the molecule is Brc1cc2c(Nc3ccc4c(c3)C=NC4)ncnc2[nH]1.C1=NCc2ccc(Nc3ncnc4[nH]c(/C=C/c5ccccc5)cc34)cc21. The quantitative estimate of drug-likeness (QED) is 0.140. The van der Waals surface area contributed by atoms with Crippen molar-refractivity contribution in [3.63, 3.8) is 0 Å². The van der Waals surface area contributed by atoms with Crippen molar-refractivity contribution >= 4 is 85.6 Å². The molecule has 0 bridgehead atoms. The summed E-state index contributed by atoms with van der Waals surface area (Å²) in [4.78, 5) is 32.3. The second-order valence-electron chi connectivity index (χ2n) is 11.1. The van der Waals surface area contributed by atoms with Crippen molar-refractivity contribution in [2.45, 2.75) is 13.1 Å². The smallest absolute Gasteiger partial charge is 0.143 e. The lowest BCUT2D eigenvalue weighted by Gasteiger charge is -2.07. The lowest BCUT2D eigenvalue weighted by Crippen LogP contribution is -1.96. The van der Waals surface area contributed by atoms with Crippen LogP contribution in [0.15, 0.2) is 106 Å². The van der Waals surface area contributed by atoms with E-state index >= 15 is 0 Å². The van der Waals surface area contributed by atoms with Gasteiger partial charge in [-0.2, -0.15) is 0 Å². The number of aliphatic imine (C=N–C) groups is 2. The first-order valence-corrected chi connectivity index (χ1v) is 15.8. The van der Waals surface area contributed by atoms with Gasteiger partial charge in [-0.3, -0.25) is 9.98 Å². The summed E-state index contributed by atoms with van der Waals surface area (Å²) in [5.41, 5.74) is 10.6. The van der Waals surface area contributed by atoms with Gasteiger partial charge >= 0.3 is 0 Å². The van der Waals surface area contributed by atoms with Crippen molar-refractivity contribution < 1.29 is 0 Å². The van der Waals surface area contributed by atoms with Gasteiger partial charge in [-0.25, -0.2) is 19.9 Å². The van der Waals surface area contributed by atoms with Crippen LogP contribution >= 0.6 is 15.9 Å². The normalized spacial score (nSPS) is 12.8. The molecular weight excluding hydrogens is 652 g/mol. The Hall–Kier alpha value is -5.94. The zero-order valence-corrected chi connectivity index (χ0v) is 26.5. The van der Waals surface area contributed by atoms with E-state index in [0.29, 0.717) is 0 Å². The Kier molecular flexibility index (Phi) is 7.56. The standard InChI is InChI=1S/C22H17N5.C14H10BrN5/c1-2-4-15(5-3-1)6-8-19-11-20-21(24-14-25-22(20)27-19)26-18-9-7-16-12-23-13-17(16)10-18;15-12-4-11-13(17-7-18-14(11)20-12)19-10-2-1-8-5-16-6-9(8)3-10/h1-11,13-14H,12H2,(H2,24,25,26,27);1-4,6-7H,5H2,(H2,17,18,19,20)/b8-6+;. The van der Waals surface area contributed by atoms with E-state index in [2.05, 4.69) is 121 Å². The highest BCUT2D eigenvalue weighted by Crippen LogP contribution is 2.28. The first-order chi connectivity index (χ1) is 23.1. The third-order valence-corrected chi connectivity index (χ3v) is 8.32. The molecule has 0 atom stereocenters. The van der Waals surface area contributed by atoms with E-state index in [-0.39, 0.29) is 0 Å². The van der Waals surface area contributed by atoms with Crippen molar-refractivity contribution in [3.05, 3.63) is 130 Å². The molecule has 47 heavy (non-hydrogen) atoms.